The maximum absolute atomic E-state index is 12.1. The molecule has 1 aromatic heterocycles. The smallest absolute Gasteiger partial charge is 0.270 e. The third kappa shape index (κ3) is 5.01. The number of carbonyl (C=O) groups is 1. The van der Waals surface area contributed by atoms with E-state index in [9.17, 15) is 9.35 Å². The maximum atomic E-state index is 12.1. The summed E-state index contributed by atoms with van der Waals surface area (Å²) in [5, 5.41) is 2.73. The molecular weight excluding hydrogens is 328 g/mol. The van der Waals surface area contributed by atoms with Crippen LogP contribution in [0, 0.1) is 6.92 Å². The number of hydrogen-bond donors (Lipinski definition) is 1. The zero-order valence-corrected chi connectivity index (χ0v) is 15.1. The molecule has 0 saturated carbocycles. The van der Waals surface area contributed by atoms with Crippen molar-refractivity contribution < 1.29 is 18.5 Å². The van der Waals surface area contributed by atoms with Crippen LogP contribution in [-0.2, 0) is 21.7 Å². The third-order valence-electron chi connectivity index (χ3n) is 3.27. The van der Waals surface area contributed by atoms with E-state index in [2.05, 4.69) is 10.3 Å². The molecule has 1 heterocycles. The van der Waals surface area contributed by atoms with Crippen LogP contribution in [0.1, 0.15) is 25.3 Å². The summed E-state index contributed by atoms with van der Waals surface area (Å²) in [6.07, 6.45) is 0. The highest BCUT2D eigenvalue weighted by atomic mass is 32.2. The molecule has 1 N–H and O–H groups in total. The normalized spacial score (nSPS) is 12.2. The van der Waals surface area contributed by atoms with Gasteiger partial charge in [-0.3, -0.25) is 4.79 Å². The van der Waals surface area contributed by atoms with Gasteiger partial charge in [-0.05, 0) is 56.2 Å². The molecular formula is C17H22N2O4S. The molecule has 0 aliphatic heterocycles. The summed E-state index contributed by atoms with van der Waals surface area (Å²) in [5.74, 6) is 1.76. The van der Waals surface area contributed by atoms with Gasteiger partial charge in [-0.15, -0.1) is 0 Å². The molecule has 130 valence electrons. The Morgan fingerprint density at radius 2 is 2.04 bits per heavy atom. The van der Waals surface area contributed by atoms with E-state index in [0.717, 1.165) is 11.3 Å². The van der Waals surface area contributed by atoms with Gasteiger partial charge in [0, 0.05) is 11.6 Å². The minimum absolute atomic E-state index is 0.0324. The van der Waals surface area contributed by atoms with E-state index in [4.69, 9.17) is 9.15 Å². The first-order valence-electron chi connectivity index (χ1n) is 7.64. The first kappa shape index (κ1) is 18.4. The average Bonchev–Trinajstić information content (AvgIpc) is 2.87. The molecule has 0 radical (unpaired) electrons. The van der Waals surface area contributed by atoms with Gasteiger partial charge in [0.25, 0.3) is 5.91 Å². The SMILES string of the molecule is COc1ccc(-c2nc(C[S+]([O-])CC(=O)NC(C)C)c(C)o2)cc1. The van der Waals surface area contributed by atoms with Crippen molar-refractivity contribution in [2.45, 2.75) is 32.6 Å². The van der Waals surface area contributed by atoms with Gasteiger partial charge in [0.15, 0.2) is 11.5 Å². The van der Waals surface area contributed by atoms with Gasteiger partial charge in [-0.2, -0.15) is 0 Å². The Hall–Kier alpha value is -1.99. The summed E-state index contributed by atoms with van der Waals surface area (Å²) < 4.78 is 22.9. The number of aryl methyl sites for hydroxylation is 1. The highest BCUT2D eigenvalue weighted by Gasteiger charge is 2.20. The number of benzene rings is 1. The van der Waals surface area contributed by atoms with Gasteiger partial charge in [-0.25, -0.2) is 4.98 Å². The molecule has 1 unspecified atom stereocenters. The summed E-state index contributed by atoms with van der Waals surface area (Å²) >= 11 is -1.33. The van der Waals surface area contributed by atoms with Crippen LogP contribution in [0.4, 0.5) is 0 Å². The van der Waals surface area contributed by atoms with Crippen LogP contribution in [0.15, 0.2) is 28.7 Å². The molecule has 1 atom stereocenters. The monoisotopic (exact) mass is 350 g/mol. The predicted molar refractivity (Wildman–Crippen MR) is 93.2 cm³/mol. The molecule has 1 amide bonds. The van der Waals surface area contributed by atoms with E-state index >= 15 is 0 Å². The molecule has 6 nitrogen and oxygen atoms in total. The summed E-state index contributed by atoms with van der Waals surface area (Å²) in [5.41, 5.74) is 1.42. The van der Waals surface area contributed by atoms with Crippen LogP contribution >= 0.6 is 0 Å². The van der Waals surface area contributed by atoms with E-state index in [-0.39, 0.29) is 23.5 Å². The Morgan fingerprint density at radius 1 is 1.38 bits per heavy atom. The third-order valence-corrected chi connectivity index (χ3v) is 4.45. The lowest BCUT2D eigenvalue weighted by Gasteiger charge is -2.11. The van der Waals surface area contributed by atoms with Crippen molar-refractivity contribution >= 4 is 17.1 Å². The number of nitrogens with one attached hydrogen (secondary N) is 1. The first-order chi connectivity index (χ1) is 11.4. The van der Waals surface area contributed by atoms with E-state index in [0.29, 0.717) is 17.3 Å². The molecule has 1 aromatic carbocycles. The van der Waals surface area contributed by atoms with Gasteiger partial charge in [0.1, 0.15) is 17.2 Å². The molecule has 0 aliphatic carbocycles. The number of methoxy groups -OCH3 is 1. The van der Waals surface area contributed by atoms with E-state index < -0.39 is 11.2 Å². The molecule has 0 spiro atoms. The number of nitrogens with zero attached hydrogens (tertiary/aromatic N) is 1. The fourth-order valence-corrected chi connectivity index (χ4v) is 3.18. The van der Waals surface area contributed by atoms with E-state index in [1.165, 1.54) is 0 Å². The van der Waals surface area contributed by atoms with Crippen molar-refractivity contribution in [3.8, 4) is 17.2 Å². The standard InChI is InChI=1S/C17H22N2O4S/c1-11(2)18-16(20)10-24(21)9-15-12(3)23-17(19-15)13-5-7-14(22-4)8-6-13/h5-8,11H,9-10H2,1-4H3,(H,18,20). The molecule has 0 bridgehead atoms. The highest BCUT2D eigenvalue weighted by molar-refractivity contribution is 7.91. The molecule has 0 saturated heterocycles. The Labute approximate surface area is 144 Å². The Kier molecular flexibility index (Phi) is 6.28. The van der Waals surface area contributed by atoms with Crippen molar-refractivity contribution in [2.24, 2.45) is 0 Å². The molecule has 7 heteroatoms. The van der Waals surface area contributed by atoms with Crippen LogP contribution in [0.5, 0.6) is 5.75 Å². The summed E-state index contributed by atoms with van der Waals surface area (Å²) in [6.45, 7) is 5.51. The highest BCUT2D eigenvalue weighted by Crippen LogP contribution is 2.24. The lowest BCUT2D eigenvalue weighted by molar-refractivity contribution is -0.119. The predicted octanol–water partition coefficient (Wildman–Crippen LogP) is 2.43. The van der Waals surface area contributed by atoms with Crippen molar-refractivity contribution in [3.05, 3.63) is 35.7 Å². The molecule has 2 aromatic rings. The number of carbonyl (C=O) groups excluding carboxylic acids is 1. The Balaban J connectivity index is 2.04. The van der Waals surface area contributed by atoms with E-state index in [1.807, 2.05) is 38.1 Å². The number of ether oxygens (including phenoxy) is 1. The summed E-state index contributed by atoms with van der Waals surface area (Å²) in [7, 11) is 1.60. The topological polar surface area (TPSA) is 87.4 Å². The molecule has 0 fully saturated rings. The fourth-order valence-electron chi connectivity index (χ4n) is 2.13. The minimum Gasteiger partial charge on any atom is -0.616 e. The first-order valence-corrected chi connectivity index (χ1v) is 9.13. The Bertz CT molecular complexity index is 682. The summed E-state index contributed by atoms with van der Waals surface area (Å²) in [4.78, 5) is 16.1. The lowest BCUT2D eigenvalue weighted by atomic mass is 10.2. The quantitative estimate of drug-likeness (QED) is 0.775. The van der Waals surface area contributed by atoms with Gasteiger partial charge in [-0.1, -0.05) is 0 Å². The Morgan fingerprint density at radius 3 is 2.62 bits per heavy atom. The van der Waals surface area contributed by atoms with Crippen LogP contribution in [0.25, 0.3) is 11.5 Å². The fraction of sp³-hybridized carbons (Fsp3) is 0.412. The second-order valence-corrected chi connectivity index (χ2v) is 7.16. The van der Waals surface area contributed by atoms with Gasteiger partial charge >= 0.3 is 0 Å². The number of rotatable bonds is 7. The van der Waals surface area contributed by atoms with Crippen molar-refractivity contribution in [1.82, 2.24) is 10.3 Å². The van der Waals surface area contributed by atoms with E-state index in [1.54, 1.807) is 14.0 Å². The van der Waals surface area contributed by atoms with Crippen LogP contribution in [0.2, 0.25) is 0 Å². The second kappa shape index (κ2) is 8.21. The van der Waals surface area contributed by atoms with Gasteiger partial charge < -0.3 is 19.0 Å². The summed E-state index contributed by atoms with van der Waals surface area (Å²) in [6, 6.07) is 7.37. The van der Waals surface area contributed by atoms with Gasteiger partial charge in [0.05, 0.1) is 7.11 Å². The largest absolute Gasteiger partial charge is 0.616 e. The number of hydrogen-bond acceptors (Lipinski definition) is 5. The number of aromatic nitrogens is 1. The lowest BCUT2D eigenvalue weighted by Crippen LogP contribution is -2.35. The van der Waals surface area contributed by atoms with Crippen LogP contribution in [-0.4, -0.2) is 34.3 Å². The average molecular weight is 350 g/mol. The zero-order chi connectivity index (χ0) is 17.7. The molecule has 24 heavy (non-hydrogen) atoms. The van der Waals surface area contributed by atoms with Crippen molar-refractivity contribution in [1.29, 1.82) is 0 Å². The second-order valence-electron chi connectivity index (χ2n) is 5.70. The minimum atomic E-state index is -1.33. The molecule has 2 rings (SSSR count). The number of oxazole rings is 1. The maximum Gasteiger partial charge on any atom is 0.270 e. The van der Waals surface area contributed by atoms with Gasteiger partial charge in [0.2, 0.25) is 5.89 Å². The number of amides is 1. The van der Waals surface area contributed by atoms with Crippen LogP contribution < -0.4 is 10.1 Å². The van der Waals surface area contributed by atoms with Crippen molar-refractivity contribution in [2.75, 3.05) is 12.9 Å². The van der Waals surface area contributed by atoms with Crippen molar-refractivity contribution in [3.63, 3.8) is 0 Å². The zero-order valence-electron chi connectivity index (χ0n) is 14.3. The molecule has 0 aliphatic rings. The van der Waals surface area contributed by atoms with Crippen LogP contribution in [0.3, 0.4) is 0 Å².